The molecule has 4 fully saturated rings. The van der Waals surface area contributed by atoms with Gasteiger partial charge in [0, 0.05) is 24.2 Å². The molecule has 4 heterocycles. The van der Waals surface area contributed by atoms with E-state index in [1.165, 1.54) is 25.7 Å². The molecule has 0 amide bonds. The number of piperidine rings is 2. The van der Waals surface area contributed by atoms with Gasteiger partial charge in [-0.3, -0.25) is 9.59 Å². The third-order valence-corrected chi connectivity index (χ3v) is 11.2. The highest BCUT2D eigenvalue weighted by Gasteiger charge is 2.52. The smallest absolute Gasteiger partial charge is 0.321 e. The topological polar surface area (TPSA) is 59.1 Å². The van der Waals surface area contributed by atoms with E-state index in [1.807, 2.05) is 54.6 Å². The van der Waals surface area contributed by atoms with Crippen LogP contribution in [0.4, 0.5) is 0 Å². The summed E-state index contributed by atoms with van der Waals surface area (Å²) >= 11 is 0. The van der Waals surface area contributed by atoms with Crippen molar-refractivity contribution in [2.75, 3.05) is 14.1 Å². The number of nitrogens with zero attached hydrogens (tertiary/aromatic N) is 2. The van der Waals surface area contributed by atoms with E-state index >= 15 is 0 Å². The summed E-state index contributed by atoms with van der Waals surface area (Å²) in [5, 5.41) is 0. The van der Waals surface area contributed by atoms with Gasteiger partial charge in [0.15, 0.2) is 0 Å². The minimum absolute atomic E-state index is 0.0149. The summed E-state index contributed by atoms with van der Waals surface area (Å²) in [7, 11) is 4.41. The Bertz CT molecular complexity index is 1240. The molecule has 2 aromatic carbocycles. The number of hydrogen-bond donors (Lipinski definition) is 0. The minimum Gasteiger partial charge on any atom is -0.462 e. The van der Waals surface area contributed by atoms with Gasteiger partial charge in [0.2, 0.25) is 0 Å². The number of fused-ring (bicyclic) bond motifs is 5. The Morgan fingerprint density at radius 3 is 1.82 bits per heavy atom. The molecule has 4 aliphatic heterocycles. The molecular formula is C34H42N2O4. The summed E-state index contributed by atoms with van der Waals surface area (Å²) < 4.78 is 12.7. The van der Waals surface area contributed by atoms with Gasteiger partial charge in [-0.05, 0) is 95.0 Å². The molecule has 0 aromatic heterocycles. The molecule has 4 saturated heterocycles. The Hall–Kier alpha value is -2.70. The zero-order valence-corrected chi connectivity index (χ0v) is 23.8. The second kappa shape index (κ2) is 10.3. The van der Waals surface area contributed by atoms with Crippen molar-refractivity contribution in [1.82, 2.24) is 9.80 Å². The van der Waals surface area contributed by atoms with Crippen molar-refractivity contribution in [2.45, 2.75) is 112 Å². The number of rotatable bonds is 5. The molecule has 40 heavy (non-hydrogen) atoms. The van der Waals surface area contributed by atoms with Crippen molar-refractivity contribution >= 4 is 11.9 Å². The number of benzene rings is 2. The monoisotopic (exact) mass is 542 g/mol. The van der Waals surface area contributed by atoms with E-state index in [4.69, 9.17) is 9.47 Å². The molecule has 0 N–H and O–H groups in total. The lowest BCUT2D eigenvalue weighted by Crippen LogP contribution is -2.48. The van der Waals surface area contributed by atoms with E-state index in [1.54, 1.807) is 0 Å². The lowest BCUT2D eigenvalue weighted by molar-refractivity contribution is -0.160. The fourth-order valence-corrected chi connectivity index (χ4v) is 8.85. The van der Waals surface area contributed by atoms with E-state index in [0.717, 1.165) is 42.4 Å². The summed E-state index contributed by atoms with van der Waals surface area (Å²) in [6.45, 7) is 0. The van der Waals surface area contributed by atoms with Crippen molar-refractivity contribution in [3.63, 3.8) is 0 Å². The van der Waals surface area contributed by atoms with E-state index in [2.05, 4.69) is 23.9 Å². The lowest BCUT2D eigenvalue weighted by Gasteiger charge is -2.42. The van der Waals surface area contributed by atoms with Crippen LogP contribution in [0, 0.1) is 0 Å². The summed E-state index contributed by atoms with van der Waals surface area (Å²) in [5.41, 5.74) is 1.84. The maximum atomic E-state index is 14.4. The highest BCUT2D eigenvalue weighted by atomic mass is 16.5. The number of carbonyl (C=O) groups excluding carboxylic acids is 2. The van der Waals surface area contributed by atoms with Crippen molar-refractivity contribution < 1.29 is 19.1 Å². The molecule has 0 spiro atoms. The molecule has 7 rings (SSSR count). The Balaban J connectivity index is 1.18. The van der Waals surface area contributed by atoms with Crippen LogP contribution in [0.3, 0.4) is 0 Å². The molecule has 0 radical (unpaired) electrons. The fraction of sp³-hybridized carbons (Fsp3) is 0.588. The summed E-state index contributed by atoms with van der Waals surface area (Å²) in [6, 6.07) is 20.1. The highest BCUT2D eigenvalue weighted by Crippen LogP contribution is 2.49. The molecule has 0 saturated carbocycles. The van der Waals surface area contributed by atoms with Gasteiger partial charge < -0.3 is 19.3 Å². The molecule has 2 aromatic rings. The van der Waals surface area contributed by atoms with Crippen LogP contribution >= 0.6 is 0 Å². The first-order valence-electron chi connectivity index (χ1n) is 15.4. The van der Waals surface area contributed by atoms with Crippen LogP contribution in [0.15, 0.2) is 54.6 Å². The minimum atomic E-state index is -0.927. The van der Waals surface area contributed by atoms with E-state index in [0.29, 0.717) is 37.0 Å². The summed E-state index contributed by atoms with van der Waals surface area (Å²) in [5.74, 6) is -0.667. The van der Waals surface area contributed by atoms with Crippen molar-refractivity contribution in [2.24, 2.45) is 0 Å². The fourth-order valence-electron chi connectivity index (χ4n) is 8.85. The molecule has 212 valence electrons. The zero-order chi connectivity index (χ0) is 27.4. The molecule has 0 unspecified atom stereocenters. The standard InChI is InChI=1S/C34H42N2O4/c1-35-23-12-13-24(35)19-27(18-23)39-32(37)30-16-17-34(22-8-4-3-5-9-22,31-11-7-6-10-29(30)31)33(38)40-28-20-25-14-15-26(21-28)36(25)2/h3-11,23-28,30H,12-21H2,1-2H3/t23-,24-,25+,26+,30-,34-/m1/s1. The molecular weight excluding hydrogens is 500 g/mol. The summed E-state index contributed by atoms with van der Waals surface area (Å²) in [6.07, 6.45) is 9.44. The zero-order valence-electron chi connectivity index (χ0n) is 23.8. The molecule has 6 heteroatoms. The Kier molecular flexibility index (Phi) is 6.74. The van der Waals surface area contributed by atoms with E-state index in [-0.39, 0.29) is 30.1 Å². The van der Waals surface area contributed by atoms with Crippen LogP contribution in [0.5, 0.6) is 0 Å². The SMILES string of the molecule is CN1[C@@H]2CC[C@@H]1CC(OC(=O)[C@@H]1CC[C@@](C(=O)OC3C[C@@H]4CC[C@@H](C3)N4C)(c3ccccc3)c3ccccc31)C2. The molecule has 5 aliphatic rings. The van der Waals surface area contributed by atoms with E-state index < -0.39 is 5.41 Å². The van der Waals surface area contributed by atoms with Gasteiger partial charge in [-0.2, -0.15) is 0 Å². The van der Waals surface area contributed by atoms with Crippen molar-refractivity contribution in [3.05, 3.63) is 71.3 Å². The van der Waals surface area contributed by atoms with Gasteiger partial charge in [-0.25, -0.2) is 0 Å². The van der Waals surface area contributed by atoms with Gasteiger partial charge in [-0.15, -0.1) is 0 Å². The second-order valence-electron chi connectivity index (χ2n) is 13.1. The van der Waals surface area contributed by atoms with Crippen LogP contribution in [0.25, 0.3) is 0 Å². The van der Waals surface area contributed by atoms with Gasteiger partial charge in [0.25, 0.3) is 0 Å². The third kappa shape index (κ3) is 4.30. The maximum absolute atomic E-state index is 14.4. The molecule has 6 atom stereocenters. The van der Waals surface area contributed by atoms with E-state index in [9.17, 15) is 9.59 Å². The van der Waals surface area contributed by atoms with Gasteiger partial charge in [0.1, 0.15) is 17.6 Å². The predicted octanol–water partition coefficient (Wildman–Crippen LogP) is 5.19. The Labute approximate surface area is 238 Å². The third-order valence-electron chi connectivity index (χ3n) is 11.2. The first-order chi connectivity index (χ1) is 19.4. The van der Waals surface area contributed by atoms with Crippen molar-refractivity contribution in [1.29, 1.82) is 0 Å². The number of ether oxygens (including phenoxy) is 2. The Morgan fingerprint density at radius 2 is 1.23 bits per heavy atom. The van der Waals surface area contributed by atoms with Gasteiger partial charge in [-0.1, -0.05) is 54.6 Å². The Morgan fingerprint density at radius 1 is 0.700 bits per heavy atom. The number of esters is 2. The average Bonchev–Trinajstić information content (AvgIpc) is 3.28. The van der Waals surface area contributed by atoms with Gasteiger partial charge >= 0.3 is 11.9 Å². The molecule has 6 nitrogen and oxygen atoms in total. The average molecular weight is 543 g/mol. The first kappa shape index (κ1) is 26.2. The number of carbonyl (C=O) groups is 2. The summed E-state index contributed by atoms with van der Waals surface area (Å²) in [4.78, 5) is 33.1. The van der Waals surface area contributed by atoms with Crippen molar-refractivity contribution in [3.8, 4) is 0 Å². The van der Waals surface area contributed by atoms with Gasteiger partial charge in [0.05, 0.1) is 5.92 Å². The predicted molar refractivity (Wildman–Crippen MR) is 153 cm³/mol. The largest absolute Gasteiger partial charge is 0.462 e. The first-order valence-corrected chi connectivity index (χ1v) is 15.4. The van der Waals surface area contributed by atoms with Crippen LogP contribution in [-0.4, -0.2) is 72.2 Å². The molecule has 4 bridgehead atoms. The normalized spacial score (nSPS) is 37.1. The molecule has 1 aliphatic carbocycles. The quantitative estimate of drug-likeness (QED) is 0.485. The van der Waals surface area contributed by atoms with Crippen LogP contribution in [0.1, 0.15) is 86.8 Å². The highest BCUT2D eigenvalue weighted by molar-refractivity contribution is 5.91. The maximum Gasteiger partial charge on any atom is 0.321 e. The van der Waals surface area contributed by atoms with Crippen LogP contribution in [0.2, 0.25) is 0 Å². The van der Waals surface area contributed by atoms with Crippen LogP contribution in [-0.2, 0) is 24.5 Å². The lowest BCUT2D eigenvalue weighted by atomic mass is 9.63. The number of hydrogen-bond acceptors (Lipinski definition) is 6. The van der Waals surface area contributed by atoms with Crippen LogP contribution < -0.4 is 0 Å². The second-order valence-corrected chi connectivity index (χ2v) is 13.1.